The van der Waals surface area contributed by atoms with Crippen LogP contribution in [0.1, 0.15) is 25.8 Å². The molecule has 2 aromatic rings. The maximum atomic E-state index is 11.4. The van der Waals surface area contributed by atoms with Gasteiger partial charge in [-0.25, -0.2) is 0 Å². The van der Waals surface area contributed by atoms with Crippen molar-refractivity contribution in [1.29, 1.82) is 0 Å². The first-order valence-electron chi connectivity index (χ1n) is 7.87. The van der Waals surface area contributed by atoms with E-state index in [2.05, 4.69) is 57.6 Å². The molecule has 0 spiro atoms. The van der Waals surface area contributed by atoms with Crippen LogP contribution >= 0.6 is 27.3 Å². The van der Waals surface area contributed by atoms with Gasteiger partial charge in [-0.3, -0.25) is 4.79 Å². The lowest BCUT2D eigenvalue weighted by molar-refractivity contribution is -0.125. The lowest BCUT2D eigenvalue weighted by Crippen LogP contribution is -2.55. The van der Waals surface area contributed by atoms with Crippen LogP contribution in [0.4, 0.5) is 0 Å². The summed E-state index contributed by atoms with van der Waals surface area (Å²) in [6.45, 7) is 3.78. The second-order valence-corrected chi connectivity index (χ2v) is 8.81. The quantitative estimate of drug-likeness (QED) is 0.584. The van der Waals surface area contributed by atoms with Crippen molar-refractivity contribution in [3.05, 3.63) is 45.7 Å². The van der Waals surface area contributed by atoms with Crippen LogP contribution in [0, 0.1) is 0 Å². The third kappa shape index (κ3) is 5.41. The topological polar surface area (TPSA) is 75.3 Å². The largest absolute Gasteiger partial charge is 0.388 e. The fourth-order valence-electron chi connectivity index (χ4n) is 2.54. The van der Waals surface area contributed by atoms with E-state index >= 15 is 0 Å². The lowest BCUT2D eigenvalue weighted by Gasteiger charge is -2.27. The Morgan fingerprint density at radius 2 is 1.96 bits per heavy atom. The number of carbonyl (C=O) groups is 1. The smallest absolute Gasteiger partial charge is 0.237 e. The average molecular weight is 411 g/mol. The summed E-state index contributed by atoms with van der Waals surface area (Å²) in [5, 5.41) is 13.0. The van der Waals surface area contributed by atoms with Crippen molar-refractivity contribution in [2.24, 2.45) is 5.73 Å². The minimum atomic E-state index is -1.16. The van der Waals surface area contributed by atoms with Crippen molar-refractivity contribution in [3.8, 4) is 10.4 Å². The number of primary amides is 1. The number of hydrogen-bond acceptors (Lipinski definition) is 4. The summed E-state index contributed by atoms with van der Waals surface area (Å²) in [7, 11) is 0. The zero-order valence-electron chi connectivity index (χ0n) is 13.9. The van der Waals surface area contributed by atoms with Crippen molar-refractivity contribution in [1.82, 2.24) is 5.32 Å². The number of amides is 1. The molecule has 6 heteroatoms. The summed E-state index contributed by atoms with van der Waals surface area (Å²) in [5.74, 6) is -0.533. The minimum absolute atomic E-state index is 0.533. The third-order valence-electron chi connectivity index (χ3n) is 3.79. The van der Waals surface area contributed by atoms with E-state index < -0.39 is 17.6 Å². The highest BCUT2D eigenvalue weighted by Crippen LogP contribution is 2.31. The molecule has 24 heavy (non-hydrogen) atoms. The molecular weight excluding hydrogens is 388 g/mol. The summed E-state index contributed by atoms with van der Waals surface area (Å²) in [6, 6.07) is 11.9. The number of benzene rings is 1. The number of carbonyl (C=O) groups excluding carboxylic acids is 1. The normalized spacial score (nSPS) is 13.0. The number of nitrogens with two attached hydrogens (primary N) is 1. The highest BCUT2D eigenvalue weighted by molar-refractivity contribution is 9.11. The van der Waals surface area contributed by atoms with Gasteiger partial charge in [0.05, 0.1) is 9.39 Å². The Kier molecular flexibility index (Phi) is 6.57. The molecule has 0 aliphatic rings. The predicted octanol–water partition coefficient (Wildman–Crippen LogP) is 3.32. The molecule has 1 atom stereocenters. The van der Waals surface area contributed by atoms with Crippen LogP contribution in [0.3, 0.4) is 0 Å². The number of rotatable bonds is 8. The van der Waals surface area contributed by atoms with E-state index in [1.165, 1.54) is 16.0 Å². The second kappa shape index (κ2) is 8.25. The van der Waals surface area contributed by atoms with Crippen molar-refractivity contribution in [3.63, 3.8) is 0 Å². The Morgan fingerprint density at radius 1 is 1.29 bits per heavy atom. The molecule has 4 N–H and O–H groups in total. The van der Waals surface area contributed by atoms with Gasteiger partial charge in [0.2, 0.25) is 5.91 Å². The fraction of sp³-hybridized carbons (Fsp3) is 0.389. The number of nitrogens with one attached hydrogen (secondary N) is 1. The Morgan fingerprint density at radius 3 is 2.46 bits per heavy atom. The maximum Gasteiger partial charge on any atom is 0.237 e. The maximum absolute atomic E-state index is 11.4. The summed E-state index contributed by atoms with van der Waals surface area (Å²) in [4.78, 5) is 12.6. The van der Waals surface area contributed by atoms with Gasteiger partial charge in [-0.15, -0.1) is 11.3 Å². The van der Waals surface area contributed by atoms with Gasteiger partial charge < -0.3 is 16.2 Å². The highest BCUT2D eigenvalue weighted by atomic mass is 79.9. The predicted molar refractivity (Wildman–Crippen MR) is 103 cm³/mol. The summed E-state index contributed by atoms with van der Waals surface area (Å²) < 4.78 is 1.13. The van der Waals surface area contributed by atoms with Crippen LogP contribution in [-0.2, 0) is 11.2 Å². The van der Waals surface area contributed by atoms with Gasteiger partial charge in [-0.05, 0) is 72.4 Å². The molecule has 0 saturated heterocycles. The van der Waals surface area contributed by atoms with Gasteiger partial charge in [0.15, 0.2) is 0 Å². The number of aliphatic hydroxyl groups is 1. The summed E-state index contributed by atoms with van der Waals surface area (Å²) in [5.41, 5.74) is 6.62. The Balaban J connectivity index is 1.83. The summed E-state index contributed by atoms with van der Waals surface area (Å²) >= 11 is 5.20. The molecule has 0 radical (unpaired) electrons. The summed E-state index contributed by atoms with van der Waals surface area (Å²) in [6.07, 6.45) is 1.77. The molecule has 0 aliphatic heterocycles. The number of thiophene rings is 1. The monoisotopic (exact) mass is 410 g/mol. The van der Waals surface area contributed by atoms with E-state index in [0.717, 1.165) is 16.6 Å². The molecule has 0 fully saturated rings. The van der Waals surface area contributed by atoms with Crippen molar-refractivity contribution in [2.75, 3.05) is 6.54 Å². The molecule has 1 heterocycles. The van der Waals surface area contributed by atoms with E-state index in [0.29, 0.717) is 6.54 Å². The van der Waals surface area contributed by atoms with Crippen LogP contribution in [0.25, 0.3) is 10.4 Å². The lowest BCUT2D eigenvalue weighted by atomic mass is 9.98. The van der Waals surface area contributed by atoms with Crippen molar-refractivity contribution >= 4 is 33.2 Å². The van der Waals surface area contributed by atoms with Gasteiger partial charge in [0, 0.05) is 4.88 Å². The van der Waals surface area contributed by atoms with E-state index in [9.17, 15) is 9.90 Å². The SMILES string of the molecule is CC(C)(O)[C@H](NCCCc1ccc(-c2ccc(Br)s2)cc1)C(N)=O. The molecule has 4 nitrogen and oxygen atoms in total. The van der Waals surface area contributed by atoms with E-state index in [4.69, 9.17) is 5.73 Å². The van der Waals surface area contributed by atoms with Crippen LogP contribution in [0.5, 0.6) is 0 Å². The van der Waals surface area contributed by atoms with Crippen molar-refractivity contribution in [2.45, 2.75) is 38.3 Å². The zero-order valence-corrected chi connectivity index (χ0v) is 16.3. The second-order valence-electron chi connectivity index (χ2n) is 6.35. The molecule has 1 aromatic heterocycles. The van der Waals surface area contributed by atoms with Crippen LogP contribution < -0.4 is 11.1 Å². The molecule has 2 rings (SSSR count). The molecule has 0 unspecified atom stereocenters. The number of aryl methyl sites for hydroxylation is 1. The highest BCUT2D eigenvalue weighted by Gasteiger charge is 2.30. The minimum Gasteiger partial charge on any atom is -0.388 e. The fourth-order valence-corrected chi connectivity index (χ4v) is 3.93. The van der Waals surface area contributed by atoms with E-state index in [-0.39, 0.29) is 0 Å². The first-order valence-corrected chi connectivity index (χ1v) is 9.48. The third-order valence-corrected chi connectivity index (χ3v) is 5.47. The molecule has 0 bridgehead atoms. The molecule has 1 aromatic carbocycles. The number of halogens is 1. The zero-order chi connectivity index (χ0) is 17.7. The van der Waals surface area contributed by atoms with Gasteiger partial charge >= 0.3 is 0 Å². The number of hydrogen-bond donors (Lipinski definition) is 3. The van der Waals surface area contributed by atoms with Gasteiger partial charge in [-0.1, -0.05) is 24.3 Å². The van der Waals surface area contributed by atoms with Crippen molar-refractivity contribution < 1.29 is 9.90 Å². The Bertz CT molecular complexity index is 677. The molecule has 0 saturated carbocycles. The molecule has 1 amide bonds. The Hall–Kier alpha value is -1.21. The van der Waals surface area contributed by atoms with Gasteiger partial charge in [-0.2, -0.15) is 0 Å². The molecule has 0 aliphatic carbocycles. The average Bonchev–Trinajstić information content (AvgIpc) is 2.92. The van der Waals surface area contributed by atoms with E-state index in [1.54, 1.807) is 25.2 Å². The van der Waals surface area contributed by atoms with Gasteiger partial charge in [0.25, 0.3) is 0 Å². The first-order chi connectivity index (χ1) is 11.3. The van der Waals surface area contributed by atoms with E-state index in [1.807, 2.05) is 0 Å². The molecule has 130 valence electrons. The Labute approximate surface area is 155 Å². The van der Waals surface area contributed by atoms with Crippen LogP contribution in [0.2, 0.25) is 0 Å². The van der Waals surface area contributed by atoms with Gasteiger partial charge in [0.1, 0.15) is 6.04 Å². The first kappa shape index (κ1) is 19.1. The standard InChI is InChI=1S/C18H23BrN2O2S/c1-18(2,23)16(17(20)22)21-11-3-4-12-5-7-13(8-6-12)14-9-10-15(19)24-14/h5-10,16,21,23H,3-4,11H2,1-2H3,(H2,20,22)/t16-/m1/s1. The van der Waals surface area contributed by atoms with Crippen LogP contribution in [0.15, 0.2) is 40.2 Å². The van der Waals surface area contributed by atoms with Crippen LogP contribution in [-0.4, -0.2) is 29.2 Å². The molecular formula is C18H23BrN2O2S.